The molecule has 6 heteroatoms. The van der Waals surface area contributed by atoms with Crippen molar-refractivity contribution in [1.29, 1.82) is 0 Å². The number of carbonyl (C=O) groups excluding carboxylic acids is 1. The summed E-state index contributed by atoms with van der Waals surface area (Å²) < 4.78 is 0.556. The lowest BCUT2D eigenvalue weighted by molar-refractivity contribution is -0.142. The zero-order chi connectivity index (χ0) is 13.8. The van der Waals surface area contributed by atoms with E-state index in [0.29, 0.717) is 15.6 Å². The van der Waals surface area contributed by atoms with Crippen molar-refractivity contribution in [2.75, 3.05) is 0 Å². The Labute approximate surface area is 120 Å². The van der Waals surface area contributed by atoms with E-state index in [-0.39, 0.29) is 11.9 Å². The first-order valence-corrected chi connectivity index (χ1v) is 7.56. The third kappa shape index (κ3) is 3.70. The molecule has 0 unspecified atom stereocenters. The number of thiophene rings is 1. The Balaban J connectivity index is 2.06. The van der Waals surface area contributed by atoms with Crippen molar-refractivity contribution in [2.45, 2.75) is 38.1 Å². The molecule has 1 aromatic heterocycles. The second-order valence-electron chi connectivity index (χ2n) is 4.77. The van der Waals surface area contributed by atoms with Crippen LogP contribution in [0.3, 0.4) is 0 Å². The van der Waals surface area contributed by atoms with Gasteiger partial charge in [-0.05, 0) is 25.0 Å². The molecule has 2 N–H and O–H groups in total. The maximum absolute atomic E-state index is 12.1. The fourth-order valence-electron chi connectivity index (χ4n) is 2.45. The van der Waals surface area contributed by atoms with Crippen LogP contribution in [0.15, 0.2) is 12.1 Å². The highest BCUT2D eigenvalue weighted by atomic mass is 35.5. The van der Waals surface area contributed by atoms with E-state index < -0.39 is 11.9 Å². The van der Waals surface area contributed by atoms with Crippen molar-refractivity contribution >= 4 is 34.8 Å². The van der Waals surface area contributed by atoms with Crippen LogP contribution in [-0.2, 0) is 4.79 Å². The van der Waals surface area contributed by atoms with Crippen LogP contribution in [0.25, 0.3) is 0 Å². The van der Waals surface area contributed by atoms with E-state index in [0.717, 1.165) is 25.7 Å². The molecule has 0 radical (unpaired) electrons. The number of aliphatic carboxylic acids is 1. The molecule has 2 atom stereocenters. The molecule has 4 nitrogen and oxygen atoms in total. The lowest BCUT2D eigenvalue weighted by atomic mass is 9.95. The molecule has 1 aromatic rings. The Bertz CT molecular complexity index is 474. The molecule has 1 amide bonds. The Morgan fingerprint density at radius 2 is 2.00 bits per heavy atom. The molecule has 0 spiro atoms. The smallest absolute Gasteiger partial charge is 0.308 e. The molecule has 0 aromatic carbocycles. The summed E-state index contributed by atoms with van der Waals surface area (Å²) in [6.45, 7) is 0. The van der Waals surface area contributed by atoms with Gasteiger partial charge in [0, 0.05) is 6.04 Å². The largest absolute Gasteiger partial charge is 0.481 e. The van der Waals surface area contributed by atoms with Gasteiger partial charge in [-0.15, -0.1) is 11.3 Å². The summed E-state index contributed by atoms with van der Waals surface area (Å²) >= 11 is 7.00. The quantitative estimate of drug-likeness (QED) is 0.843. The molecular weight excluding hydrogens is 286 g/mol. The third-order valence-electron chi connectivity index (χ3n) is 3.45. The highest BCUT2D eigenvalue weighted by Gasteiger charge is 2.30. The number of carbonyl (C=O) groups is 2. The zero-order valence-electron chi connectivity index (χ0n) is 10.4. The van der Waals surface area contributed by atoms with Gasteiger partial charge in [0.2, 0.25) is 0 Å². The lowest BCUT2D eigenvalue weighted by Gasteiger charge is -2.22. The molecular formula is C13H16ClNO3S. The van der Waals surface area contributed by atoms with E-state index in [9.17, 15) is 14.7 Å². The van der Waals surface area contributed by atoms with Gasteiger partial charge >= 0.3 is 5.97 Å². The summed E-state index contributed by atoms with van der Waals surface area (Å²) in [4.78, 5) is 23.9. The number of halogens is 1. The topological polar surface area (TPSA) is 66.4 Å². The first-order valence-electron chi connectivity index (χ1n) is 6.37. The number of rotatable bonds is 3. The summed E-state index contributed by atoms with van der Waals surface area (Å²) in [5.41, 5.74) is 0. The highest BCUT2D eigenvalue weighted by molar-refractivity contribution is 7.17. The number of carboxylic acids is 1. The number of hydrogen-bond acceptors (Lipinski definition) is 3. The van der Waals surface area contributed by atoms with Crippen molar-refractivity contribution in [3.8, 4) is 0 Å². The second kappa shape index (κ2) is 6.39. The van der Waals surface area contributed by atoms with Crippen molar-refractivity contribution in [2.24, 2.45) is 5.92 Å². The average Bonchev–Trinajstić information content (AvgIpc) is 2.65. The Kier molecular flexibility index (Phi) is 4.82. The molecule has 0 bridgehead atoms. The monoisotopic (exact) mass is 301 g/mol. The number of nitrogens with one attached hydrogen (secondary N) is 1. The van der Waals surface area contributed by atoms with Crippen LogP contribution in [0.5, 0.6) is 0 Å². The van der Waals surface area contributed by atoms with Crippen LogP contribution in [-0.4, -0.2) is 23.0 Å². The number of carboxylic acid groups (broad SMARTS) is 1. The Morgan fingerprint density at radius 3 is 2.63 bits per heavy atom. The molecule has 0 saturated heterocycles. The van der Waals surface area contributed by atoms with Gasteiger partial charge in [0.1, 0.15) is 0 Å². The van der Waals surface area contributed by atoms with Crippen LogP contribution >= 0.6 is 22.9 Å². The first kappa shape index (κ1) is 14.3. The maximum atomic E-state index is 12.1. The van der Waals surface area contributed by atoms with Crippen LogP contribution in [0, 0.1) is 5.92 Å². The third-order valence-corrected chi connectivity index (χ3v) is 4.68. The van der Waals surface area contributed by atoms with Crippen molar-refractivity contribution in [3.63, 3.8) is 0 Å². The van der Waals surface area contributed by atoms with Gasteiger partial charge < -0.3 is 10.4 Å². The first-order chi connectivity index (χ1) is 9.08. The van der Waals surface area contributed by atoms with E-state index in [1.807, 2.05) is 0 Å². The van der Waals surface area contributed by atoms with Crippen LogP contribution < -0.4 is 5.32 Å². The predicted molar refractivity (Wildman–Crippen MR) is 74.8 cm³/mol. The van der Waals surface area contributed by atoms with Crippen LogP contribution in [0.4, 0.5) is 0 Å². The average molecular weight is 302 g/mol. The van der Waals surface area contributed by atoms with Gasteiger partial charge in [-0.2, -0.15) is 0 Å². The fourth-order valence-corrected chi connectivity index (χ4v) is 3.40. The molecule has 1 saturated carbocycles. The molecule has 1 aliphatic carbocycles. The minimum Gasteiger partial charge on any atom is -0.481 e. The van der Waals surface area contributed by atoms with Crippen LogP contribution in [0.2, 0.25) is 4.34 Å². The van der Waals surface area contributed by atoms with Crippen molar-refractivity contribution < 1.29 is 14.7 Å². The molecule has 1 fully saturated rings. The van der Waals surface area contributed by atoms with E-state index in [1.54, 1.807) is 12.1 Å². The summed E-state index contributed by atoms with van der Waals surface area (Å²) in [6.07, 6.45) is 4.25. The molecule has 1 heterocycles. The number of amides is 1. The predicted octanol–water partition coefficient (Wildman–Crippen LogP) is 3.16. The molecule has 0 aliphatic heterocycles. The molecule has 1 aliphatic rings. The minimum absolute atomic E-state index is 0.227. The van der Waals surface area contributed by atoms with E-state index in [1.165, 1.54) is 11.3 Å². The summed E-state index contributed by atoms with van der Waals surface area (Å²) in [5.74, 6) is -1.53. The second-order valence-corrected chi connectivity index (χ2v) is 6.48. The number of hydrogen-bond donors (Lipinski definition) is 2. The Morgan fingerprint density at radius 1 is 1.26 bits per heavy atom. The lowest BCUT2D eigenvalue weighted by Crippen LogP contribution is -2.42. The van der Waals surface area contributed by atoms with E-state index >= 15 is 0 Å². The highest BCUT2D eigenvalue weighted by Crippen LogP contribution is 2.25. The van der Waals surface area contributed by atoms with Crippen molar-refractivity contribution in [1.82, 2.24) is 5.32 Å². The Hall–Kier alpha value is -1.07. The molecule has 2 rings (SSSR count). The fraction of sp³-hybridized carbons (Fsp3) is 0.538. The summed E-state index contributed by atoms with van der Waals surface area (Å²) in [6, 6.07) is 3.05. The standard InChI is InChI=1S/C13H16ClNO3S/c14-11-7-6-10(19-11)12(16)15-9-5-3-1-2-4-8(9)13(17)18/h6-9H,1-5H2,(H,15,16)(H,17,18)/t8-,9+/m1/s1. The minimum atomic E-state index is -0.823. The van der Waals surface area contributed by atoms with Gasteiger partial charge in [0.25, 0.3) is 5.91 Å². The SMILES string of the molecule is O=C(N[C@H]1CCCCC[C@H]1C(=O)O)c1ccc(Cl)s1. The van der Waals surface area contributed by atoms with Crippen LogP contribution in [0.1, 0.15) is 41.8 Å². The van der Waals surface area contributed by atoms with Gasteiger partial charge in [-0.25, -0.2) is 0 Å². The van der Waals surface area contributed by atoms with Gasteiger partial charge in [0.05, 0.1) is 15.1 Å². The van der Waals surface area contributed by atoms with E-state index in [4.69, 9.17) is 11.6 Å². The van der Waals surface area contributed by atoms with Gasteiger partial charge in [-0.1, -0.05) is 30.9 Å². The normalized spacial score (nSPS) is 23.6. The molecule has 19 heavy (non-hydrogen) atoms. The summed E-state index contributed by atoms with van der Waals surface area (Å²) in [5, 5.41) is 12.1. The van der Waals surface area contributed by atoms with Crippen molar-refractivity contribution in [3.05, 3.63) is 21.3 Å². The van der Waals surface area contributed by atoms with Gasteiger partial charge in [-0.3, -0.25) is 9.59 Å². The zero-order valence-corrected chi connectivity index (χ0v) is 12.0. The van der Waals surface area contributed by atoms with Gasteiger partial charge in [0.15, 0.2) is 0 Å². The maximum Gasteiger partial charge on any atom is 0.308 e. The van der Waals surface area contributed by atoms with E-state index in [2.05, 4.69) is 5.32 Å². The summed E-state index contributed by atoms with van der Waals surface area (Å²) in [7, 11) is 0. The molecule has 104 valence electrons.